The molecule has 3 rings (SSSR count). The average Bonchev–Trinajstić information content (AvgIpc) is 2.85. The third-order valence-electron chi connectivity index (χ3n) is 4.94. The van der Waals surface area contributed by atoms with Crippen LogP contribution in [0.15, 0.2) is 77.5 Å². The van der Waals surface area contributed by atoms with E-state index in [0.29, 0.717) is 22.3 Å². The van der Waals surface area contributed by atoms with Crippen molar-refractivity contribution < 1.29 is 33.5 Å². The Hall–Kier alpha value is -3.86. The van der Waals surface area contributed by atoms with Crippen LogP contribution >= 0.6 is 15.9 Å². The number of hydrogen-bond donors (Lipinski definition) is 1. The molecule has 0 saturated carbocycles. The number of dihydropyridines is 1. The molecule has 0 amide bonds. The third kappa shape index (κ3) is 6.82. The van der Waals surface area contributed by atoms with Crippen LogP contribution in [0.5, 0.6) is 0 Å². The summed E-state index contributed by atoms with van der Waals surface area (Å²) < 4.78 is 21.2. The molecule has 0 radical (unpaired) electrons. The van der Waals surface area contributed by atoms with Crippen molar-refractivity contribution in [2.45, 2.75) is 26.4 Å². The van der Waals surface area contributed by atoms with Gasteiger partial charge in [-0.2, -0.15) is 0 Å². The highest BCUT2D eigenvalue weighted by Gasteiger charge is 2.36. The monoisotopic (exact) mass is 546 g/mol. The largest absolute Gasteiger partial charge is 0.513 e. The molecule has 184 valence electrons. The molecule has 0 bridgehead atoms. The number of ether oxygens (including phenoxy) is 4. The minimum atomic E-state index is -0.985. The zero-order valence-corrected chi connectivity index (χ0v) is 20.6. The van der Waals surface area contributed by atoms with E-state index in [-0.39, 0.29) is 30.4 Å². The van der Waals surface area contributed by atoms with Gasteiger partial charge in [-0.1, -0.05) is 58.4 Å². The molecule has 0 aliphatic carbocycles. The summed E-state index contributed by atoms with van der Waals surface area (Å²) in [5, 5.41) is 14.8. The fourth-order valence-electron chi connectivity index (χ4n) is 3.43. The van der Waals surface area contributed by atoms with Crippen molar-refractivity contribution in [3.63, 3.8) is 0 Å². The molecule has 2 aromatic rings. The van der Waals surface area contributed by atoms with Crippen LogP contribution in [0, 0.1) is 10.1 Å². The lowest BCUT2D eigenvalue weighted by molar-refractivity contribution is -0.384. The van der Waals surface area contributed by atoms with Gasteiger partial charge in [0.25, 0.3) is 5.69 Å². The maximum Gasteiger partial charge on any atom is 0.513 e. The number of benzene rings is 2. The van der Waals surface area contributed by atoms with Crippen LogP contribution in [0.1, 0.15) is 30.9 Å². The van der Waals surface area contributed by atoms with Gasteiger partial charge < -0.3 is 24.3 Å². The number of carbonyl (C=O) groups excluding carboxylic acids is 2. The van der Waals surface area contributed by atoms with Gasteiger partial charge in [-0.15, -0.1) is 0 Å². The van der Waals surface area contributed by atoms with Gasteiger partial charge in [0.15, 0.2) is 0 Å². The van der Waals surface area contributed by atoms with Gasteiger partial charge in [-0.05, 0) is 25.0 Å². The Bertz CT molecular complexity index is 1160. The lowest BCUT2D eigenvalue weighted by Crippen LogP contribution is -2.29. The Morgan fingerprint density at radius 2 is 1.60 bits per heavy atom. The number of carbonyl (C=O) groups is 2. The molecule has 10 nitrogen and oxygen atoms in total. The van der Waals surface area contributed by atoms with Crippen LogP contribution in [-0.4, -0.2) is 29.2 Å². The number of nitro benzene ring substituents is 1. The number of non-ortho nitro benzene ring substituents is 1. The number of alkyl halides is 1. The summed E-state index contributed by atoms with van der Waals surface area (Å²) >= 11 is 3.16. The first-order chi connectivity index (χ1) is 16.8. The summed E-state index contributed by atoms with van der Waals surface area (Å²) in [5.41, 5.74) is 1.84. The molecule has 1 aliphatic rings. The van der Waals surface area contributed by atoms with Crippen molar-refractivity contribution >= 4 is 33.9 Å². The van der Waals surface area contributed by atoms with Crippen molar-refractivity contribution in [3.8, 4) is 0 Å². The molecule has 35 heavy (non-hydrogen) atoms. The SMILES string of the molecule is CC1=C(OC(=O)OCCBr)C(c2cccc([N+](=O)[O-])c2)C(OC(=O)OCc2ccccc2)=C(C)N1. The second-order valence-corrected chi connectivity index (χ2v) is 8.20. The van der Waals surface area contributed by atoms with E-state index in [4.69, 9.17) is 18.9 Å². The minimum Gasteiger partial charge on any atom is -0.433 e. The average molecular weight is 547 g/mol. The summed E-state index contributed by atoms with van der Waals surface area (Å²) in [6.07, 6.45) is -1.96. The molecule has 0 spiro atoms. The van der Waals surface area contributed by atoms with Crippen molar-refractivity contribution in [2.24, 2.45) is 0 Å². The van der Waals surface area contributed by atoms with E-state index in [2.05, 4.69) is 21.2 Å². The zero-order chi connectivity index (χ0) is 25.4. The molecule has 2 aromatic carbocycles. The lowest BCUT2D eigenvalue weighted by atomic mass is 9.90. The Morgan fingerprint density at radius 1 is 0.971 bits per heavy atom. The summed E-state index contributed by atoms with van der Waals surface area (Å²) in [6.45, 7) is 3.38. The maximum absolute atomic E-state index is 12.6. The van der Waals surface area contributed by atoms with E-state index < -0.39 is 23.2 Å². The van der Waals surface area contributed by atoms with Gasteiger partial charge >= 0.3 is 12.3 Å². The van der Waals surface area contributed by atoms with E-state index in [1.54, 1.807) is 32.0 Å². The summed E-state index contributed by atoms with van der Waals surface area (Å²) in [5.74, 6) is -0.823. The number of rotatable bonds is 8. The molecule has 1 atom stereocenters. The van der Waals surface area contributed by atoms with E-state index in [1.807, 2.05) is 18.2 Å². The fraction of sp³-hybridized carbons (Fsp3) is 0.250. The number of nitrogens with zero attached hydrogens (tertiary/aromatic N) is 1. The van der Waals surface area contributed by atoms with E-state index >= 15 is 0 Å². The van der Waals surface area contributed by atoms with Gasteiger partial charge in [0.1, 0.15) is 30.6 Å². The van der Waals surface area contributed by atoms with Crippen molar-refractivity contribution in [3.05, 3.63) is 98.8 Å². The predicted octanol–water partition coefficient (Wildman–Crippen LogP) is 5.65. The Morgan fingerprint density at radius 3 is 2.20 bits per heavy atom. The summed E-state index contributed by atoms with van der Waals surface area (Å²) in [7, 11) is 0. The molecule has 11 heteroatoms. The second-order valence-electron chi connectivity index (χ2n) is 7.40. The molecule has 0 fully saturated rings. The first kappa shape index (κ1) is 25.8. The van der Waals surface area contributed by atoms with Crippen LogP contribution in [0.25, 0.3) is 0 Å². The second kappa shape index (κ2) is 12.0. The summed E-state index contributed by atoms with van der Waals surface area (Å²) in [6, 6.07) is 14.8. The number of nitrogens with one attached hydrogen (secondary N) is 1. The number of halogens is 1. The van der Waals surface area contributed by atoms with Gasteiger partial charge in [0.05, 0.1) is 16.3 Å². The zero-order valence-electron chi connectivity index (χ0n) is 19.0. The Kier molecular flexibility index (Phi) is 8.85. The highest BCUT2D eigenvalue weighted by Crippen LogP contribution is 2.40. The normalized spacial score (nSPS) is 15.2. The molecule has 1 heterocycles. The molecular formula is C24H23BrN2O8. The van der Waals surface area contributed by atoms with E-state index in [9.17, 15) is 19.7 Å². The van der Waals surface area contributed by atoms with Gasteiger partial charge in [-0.25, -0.2) is 9.59 Å². The first-order valence-corrected chi connectivity index (χ1v) is 11.6. The van der Waals surface area contributed by atoms with Crippen molar-refractivity contribution in [1.29, 1.82) is 0 Å². The quantitative estimate of drug-likeness (QED) is 0.193. The van der Waals surface area contributed by atoms with Crippen molar-refractivity contribution in [2.75, 3.05) is 11.9 Å². The molecular weight excluding hydrogens is 524 g/mol. The third-order valence-corrected chi connectivity index (χ3v) is 5.26. The topological polar surface area (TPSA) is 126 Å². The van der Waals surface area contributed by atoms with Crippen molar-refractivity contribution in [1.82, 2.24) is 5.32 Å². The lowest BCUT2D eigenvalue weighted by Gasteiger charge is -2.30. The minimum absolute atomic E-state index is 0.0159. The smallest absolute Gasteiger partial charge is 0.433 e. The summed E-state index contributed by atoms with van der Waals surface area (Å²) in [4.78, 5) is 35.7. The van der Waals surface area contributed by atoms with Crippen LogP contribution in [0.4, 0.5) is 15.3 Å². The van der Waals surface area contributed by atoms with Gasteiger partial charge in [-0.3, -0.25) is 10.1 Å². The molecule has 1 N–H and O–H groups in total. The maximum atomic E-state index is 12.6. The Labute approximate surface area is 209 Å². The highest BCUT2D eigenvalue weighted by atomic mass is 79.9. The van der Waals surface area contributed by atoms with Crippen LogP contribution < -0.4 is 5.32 Å². The van der Waals surface area contributed by atoms with E-state index in [1.165, 1.54) is 18.2 Å². The molecule has 1 aliphatic heterocycles. The number of hydrogen-bond acceptors (Lipinski definition) is 9. The van der Waals surface area contributed by atoms with Gasteiger partial charge in [0, 0.05) is 17.5 Å². The predicted molar refractivity (Wildman–Crippen MR) is 128 cm³/mol. The molecule has 1 unspecified atom stereocenters. The van der Waals surface area contributed by atoms with Gasteiger partial charge in [0.2, 0.25) is 0 Å². The molecule has 0 aromatic heterocycles. The number of nitro groups is 1. The van der Waals surface area contributed by atoms with Crippen LogP contribution in [0.3, 0.4) is 0 Å². The molecule has 0 saturated heterocycles. The van der Waals surface area contributed by atoms with Crippen LogP contribution in [0.2, 0.25) is 0 Å². The highest BCUT2D eigenvalue weighted by molar-refractivity contribution is 9.09. The van der Waals surface area contributed by atoms with Crippen LogP contribution in [-0.2, 0) is 25.6 Å². The number of allylic oxidation sites excluding steroid dienone is 2. The standard InChI is InChI=1S/C24H23BrN2O8/c1-15-21(34-23(28)32-12-11-25)20(18-9-6-10-19(13-18)27(30)31)22(16(2)26-15)35-24(29)33-14-17-7-4-3-5-8-17/h3-10,13,20,26H,11-12,14H2,1-2H3. The van der Waals surface area contributed by atoms with E-state index in [0.717, 1.165) is 5.56 Å². The Balaban J connectivity index is 1.92. The first-order valence-electron chi connectivity index (χ1n) is 10.5. The fourth-order valence-corrected chi connectivity index (χ4v) is 3.59.